The van der Waals surface area contributed by atoms with Crippen molar-refractivity contribution < 1.29 is 9.53 Å². The summed E-state index contributed by atoms with van der Waals surface area (Å²) in [5, 5.41) is 2.34. The van der Waals surface area contributed by atoms with Crippen LogP contribution in [0.4, 0.5) is 17.1 Å². The number of aromatic nitrogens is 1. The predicted molar refractivity (Wildman–Crippen MR) is 240 cm³/mol. The molecule has 8 aromatic carbocycles. The van der Waals surface area contributed by atoms with Gasteiger partial charge in [0.15, 0.2) is 0 Å². The fourth-order valence-corrected chi connectivity index (χ4v) is 8.77. The molecular weight excluding hydrogens is 709 g/mol. The molecule has 0 radical (unpaired) electrons. The number of esters is 1. The number of hydrogen-bond acceptors (Lipinski definition) is 3. The highest BCUT2D eigenvalue weighted by Crippen LogP contribution is 2.50. The van der Waals surface area contributed by atoms with E-state index in [0.717, 1.165) is 44.9 Å². The fourth-order valence-electron chi connectivity index (χ4n) is 8.77. The van der Waals surface area contributed by atoms with E-state index in [-0.39, 0.29) is 5.41 Å². The van der Waals surface area contributed by atoms with Gasteiger partial charge in [-0.15, -0.1) is 0 Å². The van der Waals surface area contributed by atoms with Gasteiger partial charge in [0.2, 0.25) is 0 Å². The van der Waals surface area contributed by atoms with Crippen molar-refractivity contribution in [3.8, 4) is 44.8 Å². The molecule has 0 saturated carbocycles. The molecule has 0 aliphatic heterocycles. The van der Waals surface area contributed by atoms with E-state index in [1.807, 2.05) is 24.3 Å². The van der Waals surface area contributed by atoms with E-state index < -0.39 is 5.97 Å². The lowest BCUT2D eigenvalue weighted by atomic mass is 9.82. The first-order valence-corrected chi connectivity index (χ1v) is 19.7. The molecule has 0 amide bonds. The Hall–Kier alpha value is -7.43. The number of benzene rings is 8. The van der Waals surface area contributed by atoms with E-state index >= 15 is 0 Å². The maximum Gasteiger partial charge on any atom is 0.335 e. The Bertz CT molecular complexity index is 3010. The van der Waals surface area contributed by atoms with E-state index in [0.29, 0.717) is 5.75 Å². The van der Waals surface area contributed by atoms with Gasteiger partial charge in [0.1, 0.15) is 5.75 Å². The summed E-state index contributed by atoms with van der Waals surface area (Å²) in [5.41, 5.74) is 16.4. The molecule has 0 bridgehead atoms. The maximum atomic E-state index is 11.8. The summed E-state index contributed by atoms with van der Waals surface area (Å²) >= 11 is 0. The maximum absolute atomic E-state index is 11.8. The second-order valence-electron chi connectivity index (χ2n) is 15.4. The molecule has 0 unspecified atom stereocenters. The minimum atomic E-state index is -0.478. The number of nitrogens with zero attached hydrogens (tertiary/aromatic N) is 2. The molecule has 4 heteroatoms. The molecular formula is C54H40N2O2. The highest BCUT2D eigenvalue weighted by atomic mass is 16.5. The van der Waals surface area contributed by atoms with Crippen LogP contribution in [0, 0.1) is 0 Å². The standard InChI is InChI=1S/C54H40N2O2/c1-4-53(57)58-44-30-27-42(28-31-44)56-51-17-11-9-15-47(51)48-34-39(22-33-52(48)56)38-20-25-41(26-21-38)55(40-23-18-37(19-24-40)36-12-6-5-7-13-36)43-29-32-46-45-14-8-10-16-49(45)54(2,3)50(46)35-43/h4-35H,1H2,2-3H3. The summed E-state index contributed by atoms with van der Waals surface area (Å²) in [4.78, 5) is 14.2. The smallest absolute Gasteiger partial charge is 0.335 e. The summed E-state index contributed by atoms with van der Waals surface area (Å²) in [6.45, 7) is 8.17. The van der Waals surface area contributed by atoms with Crippen molar-refractivity contribution in [2.24, 2.45) is 0 Å². The van der Waals surface area contributed by atoms with Crippen molar-refractivity contribution in [3.05, 3.63) is 212 Å². The molecule has 58 heavy (non-hydrogen) atoms. The van der Waals surface area contributed by atoms with Gasteiger partial charge in [-0.2, -0.15) is 0 Å². The van der Waals surface area contributed by atoms with Crippen molar-refractivity contribution >= 4 is 44.8 Å². The van der Waals surface area contributed by atoms with E-state index in [1.54, 1.807) is 0 Å². The van der Waals surface area contributed by atoms with E-state index in [9.17, 15) is 4.79 Å². The third-order valence-electron chi connectivity index (χ3n) is 11.7. The van der Waals surface area contributed by atoms with Crippen molar-refractivity contribution in [1.82, 2.24) is 4.57 Å². The molecule has 1 aliphatic rings. The van der Waals surface area contributed by atoms with Crippen LogP contribution in [-0.2, 0) is 10.2 Å². The number of carbonyl (C=O) groups excluding carboxylic acids is 1. The van der Waals surface area contributed by atoms with E-state index in [4.69, 9.17) is 4.74 Å². The average molecular weight is 749 g/mol. The van der Waals surface area contributed by atoms with Gasteiger partial charge in [-0.25, -0.2) is 4.79 Å². The minimum absolute atomic E-state index is 0.111. The van der Waals surface area contributed by atoms with Gasteiger partial charge in [-0.1, -0.05) is 130 Å². The van der Waals surface area contributed by atoms with E-state index in [2.05, 4.69) is 194 Å². The summed E-state index contributed by atoms with van der Waals surface area (Å²) in [6, 6.07) is 66.9. The third kappa shape index (κ3) is 5.89. The van der Waals surface area contributed by atoms with Gasteiger partial charge in [-0.05, 0) is 123 Å². The number of rotatable bonds is 8. The summed E-state index contributed by atoms with van der Waals surface area (Å²) in [7, 11) is 0. The van der Waals surface area contributed by atoms with Crippen LogP contribution in [0.3, 0.4) is 0 Å². The lowest BCUT2D eigenvalue weighted by Gasteiger charge is -2.28. The van der Waals surface area contributed by atoms with Crippen LogP contribution in [0.2, 0.25) is 0 Å². The zero-order valence-corrected chi connectivity index (χ0v) is 32.4. The van der Waals surface area contributed by atoms with Crippen LogP contribution < -0.4 is 9.64 Å². The monoisotopic (exact) mass is 748 g/mol. The predicted octanol–water partition coefficient (Wildman–Crippen LogP) is 14.0. The molecule has 0 fully saturated rings. The molecule has 0 atom stereocenters. The Morgan fingerprint density at radius 1 is 0.534 bits per heavy atom. The Balaban J connectivity index is 1.04. The van der Waals surface area contributed by atoms with Gasteiger partial charge in [0, 0.05) is 45.0 Å². The second-order valence-corrected chi connectivity index (χ2v) is 15.4. The second kappa shape index (κ2) is 13.9. The number of hydrogen-bond donors (Lipinski definition) is 0. The van der Waals surface area contributed by atoms with Crippen molar-refractivity contribution in [3.63, 3.8) is 0 Å². The Labute approximate surface area is 338 Å². The summed E-state index contributed by atoms with van der Waals surface area (Å²) < 4.78 is 7.60. The average Bonchev–Trinajstić information content (AvgIpc) is 3.72. The summed E-state index contributed by atoms with van der Waals surface area (Å²) in [6.07, 6.45) is 1.17. The molecule has 10 rings (SSSR count). The quantitative estimate of drug-likeness (QED) is 0.0882. The largest absolute Gasteiger partial charge is 0.423 e. The van der Waals surface area contributed by atoms with Crippen LogP contribution >= 0.6 is 0 Å². The van der Waals surface area contributed by atoms with Gasteiger partial charge in [-0.3, -0.25) is 0 Å². The Morgan fingerprint density at radius 3 is 1.83 bits per heavy atom. The number of para-hydroxylation sites is 1. The van der Waals surface area contributed by atoms with Crippen LogP contribution in [0.5, 0.6) is 5.75 Å². The normalized spacial score (nSPS) is 12.6. The molecule has 0 spiro atoms. The molecule has 0 saturated heterocycles. The zero-order chi connectivity index (χ0) is 39.4. The van der Waals surface area contributed by atoms with Crippen LogP contribution in [0.15, 0.2) is 201 Å². The number of carbonyl (C=O) groups is 1. The lowest BCUT2D eigenvalue weighted by Crippen LogP contribution is -2.16. The molecule has 1 aromatic heterocycles. The first-order valence-electron chi connectivity index (χ1n) is 19.7. The molecule has 4 nitrogen and oxygen atoms in total. The lowest BCUT2D eigenvalue weighted by molar-refractivity contribution is -0.128. The number of fused-ring (bicyclic) bond motifs is 6. The van der Waals surface area contributed by atoms with E-state index in [1.165, 1.54) is 50.2 Å². The zero-order valence-electron chi connectivity index (χ0n) is 32.4. The highest BCUT2D eigenvalue weighted by molar-refractivity contribution is 6.10. The third-order valence-corrected chi connectivity index (χ3v) is 11.7. The van der Waals surface area contributed by atoms with Crippen molar-refractivity contribution in [2.75, 3.05) is 4.90 Å². The fraction of sp³-hybridized carbons (Fsp3) is 0.0556. The minimum Gasteiger partial charge on any atom is -0.423 e. The van der Waals surface area contributed by atoms with Crippen LogP contribution in [-0.4, -0.2) is 10.5 Å². The topological polar surface area (TPSA) is 34.5 Å². The van der Waals surface area contributed by atoms with Crippen molar-refractivity contribution in [2.45, 2.75) is 19.3 Å². The first kappa shape index (κ1) is 35.0. The first-order chi connectivity index (χ1) is 28.4. The Morgan fingerprint density at radius 2 is 1.10 bits per heavy atom. The molecule has 1 aliphatic carbocycles. The van der Waals surface area contributed by atoms with Crippen LogP contribution in [0.25, 0.3) is 60.9 Å². The Kier molecular flexibility index (Phi) is 8.42. The molecule has 278 valence electrons. The summed E-state index contributed by atoms with van der Waals surface area (Å²) in [5.74, 6) is 0.00230. The van der Waals surface area contributed by atoms with Gasteiger partial charge in [0.05, 0.1) is 11.0 Å². The van der Waals surface area contributed by atoms with Gasteiger partial charge in [0.25, 0.3) is 0 Å². The molecule has 9 aromatic rings. The number of ether oxygens (including phenoxy) is 1. The van der Waals surface area contributed by atoms with Gasteiger partial charge < -0.3 is 14.2 Å². The SMILES string of the molecule is C=CC(=O)Oc1ccc(-n2c3ccccc3c3cc(-c4ccc(N(c5ccc(-c6ccccc6)cc5)c5ccc6c(c5)C(C)(C)c5ccccc5-6)cc4)ccc32)cc1. The van der Waals surface area contributed by atoms with Gasteiger partial charge >= 0.3 is 5.97 Å². The van der Waals surface area contributed by atoms with Crippen molar-refractivity contribution in [1.29, 1.82) is 0 Å². The molecule has 1 heterocycles. The number of anilines is 3. The molecule has 0 N–H and O–H groups in total. The highest BCUT2D eigenvalue weighted by Gasteiger charge is 2.35. The van der Waals surface area contributed by atoms with Crippen LogP contribution in [0.1, 0.15) is 25.0 Å².